The number of benzene rings is 3. The zero-order valence-corrected chi connectivity index (χ0v) is 19.6. The number of carbonyl (C=O) groups is 1. The van der Waals surface area contributed by atoms with Crippen molar-refractivity contribution in [1.29, 1.82) is 0 Å². The monoisotopic (exact) mass is 516 g/mol. The molecule has 158 valence electrons. The minimum atomic E-state index is -3.78. The van der Waals surface area contributed by atoms with E-state index in [-0.39, 0.29) is 22.2 Å². The van der Waals surface area contributed by atoms with Gasteiger partial charge in [-0.1, -0.05) is 45.7 Å². The van der Waals surface area contributed by atoms with Crippen molar-refractivity contribution in [3.63, 3.8) is 0 Å². The van der Waals surface area contributed by atoms with E-state index in [4.69, 9.17) is 11.6 Å². The Morgan fingerprint density at radius 1 is 1.06 bits per heavy atom. The molecule has 4 rings (SSSR count). The van der Waals surface area contributed by atoms with Gasteiger partial charge in [0.25, 0.3) is 0 Å². The molecule has 0 aliphatic heterocycles. The Kier molecular flexibility index (Phi) is 5.92. The predicted molar refractivity (Wildman–Crippen MR) is 126 cm³/mol. The molecule has 0 bridgehead atoms. The minimum absolute atomic E-state index is 0.0221. The van der Waals surface area contributed by atoms with Crippen molar-refractivity contribution in [3.05, 3.63) is 88.0 Å². The van der Waals surface area contributed by atoms with Gasteiger partial charge in [0.05, 0.1) is 9.79 Å². The smallest absolute Gasteiger partial charge is 0.244 e. The number of amides is 1. The van der Waals surface area contributed by atoms with Crippen LogP contribution in [0.5, 0.6) is 0 Å². The lowest BCUT2D eigenvalue weighted by molar-refractivity contribution is -0.116. The molecule has 1 aromatic heterocycles. The maximum Gasteiger partial charge on any atom is 0.244 e. The fourth-order valence-electron chi connectivity index (χ4n) is 3.38. The summed E-state index contributed by atoms with van der Waals surface area (Å²) in [5.74, 6) is -0.252. The number of halogens is 2. The fraction of sp³-hybridized carbons (Fsp3) is 0.0870. The highest BCUT2D eigenvalue weighted by Gasteiger charge is 2.24. The van der Waals surface area contributed by atoms with E-state index in [0.717, 1.165) is 10.0 Å². The van der Waals surface area contributed by atoms with Crippen LogP contribution in [0.4, 0.5) is 5.69 Å². The van der Waals surface area contributed by atoms with E-state index in [0.29, 0.717) is 21.6 Å². The molecule has 0 radical (unpaired) electrons. The van der Waals surface area contributed by atoms with Gasteiger partial charge >= 0.3 is 0 Å². The second-order valence-corrected chi connectivity index (χ2v) is 10.3. The van der Waals surface area contributed by atoms with Crippen molar-refractivity contribution in [1.82, 2.24) is 4.57 Å². The van der Waals surface area contributed by atoms with E-state index in [1.54, 1.807) is 41.0 Å². The summed E-state index contributed by atoms with van der Waals surface area (Å²) >= 11 is 9.34. The standard InChI is InChI=1S/C23H18BrClN2O3S/c1-15-12-17(8-11-20(15)24)26-23(28)14-27-13-22(19-4-2-3-5-21(19)27)31(29,30)18-9-6-16(25)7-10-18/h2-13H,14H2,1H3,(H,26,28). The molecule has 1 amide bonds. The second-order valence-electron chi connectivity index (χ2n) is 7.11. The van der Waals surface area contributed by atoms with Crippen molar-refractivity contribution in [2.75, 3.05) is 5.32 Å². The predicted octanol–water partition coefficient (Wildman–Crippen LogP) is 5.84. The molecule has 4 aromatic rings. The summed E-state index contributed by atoms with van der Waals surface area (Å²) in [5, 5.41) is 3.88. The third-order valence-corrected chi connectivity index (χ3v) is 7.86. The Morgan fingerprint density at radius 2 is 1.77 bits per heavy atom. The third kappa shape index (κ3) is 4.39. The molecule has 3 aromatic carbocycles. The van der Waals surface area contributed by atoms with Crippen LogP contribution in [-0.2, 0) is 21.2 Å². The van der Waals surface area contributed by atoms with Crippen LogP contribution in [0.3, 0.4) is 0 Å². The van der Waals surface area contributed by atoms with Gasteiger partial charge in [-0.05, 0) is 61.0 Å². The Hall–Kier alpha value is -2.61. The van der Waals surface area contributed by atoms with Gasteiger partial charge in [-0.2, -0.15) is 0 Å². The number of sulfone groups is 1. The molecule has 0 fully saturated rings. The van der Waals surface area contributed by atoms with E-state index in [2.05, 4.69) is 21.2 Å². The maximum absolute atomic E-state index is 13.3. The van der Waals surface area contributed by atoms with Crippen LogP contribution >= 0.6 is 27.5 Å². The number of aromatic nitrogens is 1. The summed E-state index contributed by atoms with van der Waals surface area (Å²) in [5.41, 5.74) is 2.34. The van der Waals surface area contributed by atoms with Gasteiger partial charge in [0, 0.05) is 32.3 Å². The largest absolute Gasteiger partial charge is 0.337 e. The molecule has 5 nitrogen and oxygen atoms in total. The van der Waals surface area contributed by atoms with Gasteiger partial charge in [0.1, 0.15) is 6.54 Å². The summed E-state index contributed by atoms with van der Waals surface area (Å²) in [6.45, 7) is 1.92. The minimum Gasteiger partial charge on any atom is -0.337 e. The highest BCUT2D eigenvalue weighted by molar-refractivity contribution is 9.10. The topological polar surface area (TPSA) is 68.2 Å². The molecule has 1 N–H and O–H groups in total. The van der Waals surface area contributed by atoms with Crippen LogP contribution in [0.1, 0.15) is 5.56 Å². The lowest BCUT2D eigenvalue weighted by atomic mass is 10.2. The molecular formula is C23H18BrClN2O3S. The molecule has 1 heterocycles. The van der Waals surface area contributed by atoms with E-state index >= 15 is 0 Å². The summed E-state index contributed by atoms with van der Waals surface area (Å²) in [7, 11) is -3.78. The molecule has 0 unspecified atom stereocenters. The summed E-state index contributed by atoms with van der Waals surface area (Å²) in [4.78, 5) is 13.0. The number of rotatable bonds is 5. The number of aryl methyl sites for hydroxylation is 1. The lowest BCUT2D eigenvalue weighted by Gasteiger charge is -2.09. The van der Waals surface area contributed by atoms with Crippen molar-refractivity contribution in [2.45, 2.75) is 23.3 Å². The third-order valence-electron chi connectivity index (χ3n) is 4.92. The summed E-state index contributed by atoms with van der Waals surface area (Å²) in [6.07, 6.45) is 1.51. The highest BCUT2D eigenvalue weighted by Crippen LogP contribution is 2.31. The number of nitrogens with one attached hydrogen (secondary N) is 1. The molecule has 31 heavy (non-hydrogen) atoms. The quantitative estimate of drug-likeness (QED) is 0.362. The molecule has 8 heteroatoms. The second kappa shape index (κ2) is 8.49. The van der Waals surface area contributed by atoms with E-state index < -0.39 is 9.84 Å². The van der Waals surface area contributed by atoms with E-state index in [1.807, 2.05) is 25.1 Å². The zero-order valence-electron chi connectivity index (χ0n) is 16.5. The molecule has 0 spiro atoms. The SMILES string of the molecule is Cc1cc(NC(=O)Cn2cc(S(=O)(=O)c3ccc(Cl)cc3)c3ccccc32)ccc1Br. The van der Waals surface area contributed by atoms with Crippen LogP contribution in [-0.4, -0.2) is 18.9 Å². The number of hydrogen-bond acceptors (Lipinski definition) is 3. The summed E-state index contributed by atoms with van der Waals surface area (Å²) < 4.78 is 29.1. The molecule has 0 atom stereocenters. The average Bonchev–Trinajstić information content (AvgIpc) is 3.10. The number of para-hydroxylation sites is 1. The number of nitrogens with zero attached hydrogens (tertiary/aromatic N) is 1. The fourth-order valence-corrected chi connectivity index (χ4v) is 5.23. The van der Waals surface area contributed by atoms with Gasteiger partial charge in [-0.3, -0.25) is 4.79 Å². The van der Waals surface area contributed by atoms with Crippen LogP contribution in [0.15, 0.2) is 87.2 Å². The first-order valence-electron chi connectivity index (χ1n) is 9.40. The van der Waals surface area contributed by atoms with Gasteiger partial charge in [-0.25, -0.2) is 8.42 Å². The van der Waals surface area contributed by atoms with Crippen molar-refractivity contribution >= 4 is 59.9 Å². The van der Waals surface area contributed by atoms with Gasteiger partial charge < -0.3 is 9.88 Å². The molecule has 0 saturated carbocycles. The van der Waals surface area contributed by atoms with E-state index in [1.165, 1.54) is 18.3 Å². The van der Waals surface area contributed by atoms with E-state index in [9.17, 15) is 13.2 Å². The molecule has 0 aliphatic carbocycles. The van der Waals surface area contributed by atoms with Crippen molar-refractivity contribution in [2.24, 2.45) is 0 Å². The number of fused-ring (bicyclic) bond motifs is 1. The molecule has 0 saturated heterocycles. The number of hydrogen-bond donors (Lipinski definition) is 1. The maximum atomic E-state index is 13.3. The Morgan fingerprint density at radius 3 is 2.48 bits per heavy atom. The van der Waals surface area contributed by atoms with Gasteiger partial charge in [0.2, 0.25) is 15.7 Å². The normalized spacial score (nSPS) is 11.6. The van der Waals surface area contributed by atoms with Crippen LogP contribution in [0.2, 0.25) is 5.02 Å². The van der Waals surface area contributed by atoms with Crippen molar-refractivity contribution in [3.8, 4) is 0 Å². The van der Waals surface area contributed by atoms with Crippen LogP contribution in [0, 0.1) is 6.92 Å². The first kappa shape index (κ1) is 21.6. The number of anilines is 1. The lowest BCUT2D eigenvalue weighted by Crippen LogP contribution is -2.18. The first-order chi connectivity index (χ1) is 14.8. The molecular weight excluding hydrogens is 500 g/mol. The first-order valence-corrected chi connectivity index (χ1v) is 12.1. The van der Waals surface area contributed by atoms with Crippen LogP contribution < -0.4 is 5.32 Å². The highest BCUT2D eigenvalue weighted by atomic mass is 79.9. The average molecular weight is 518 g/mol. The van der Waals surface area contributed by atoms with Gasteiger partial charge in [-0.15, -0.1) is 0 Å². The zero-order chi connectivity index (χ0) is 22.2. The number of carbonyl (C=O) groups excluding carboxylic acids is 1. The Balaban J connectivity index is 1.69. The summed E-state index contributed by atoms with van der Waals surface area (Å²) in [6, 6.07) is 18.7. The Bertz CT molecular complexity index is 1400. The van der Waals surface area contributed by atoms with Crippen LogP contribution in [0.25, 0.3) is 10.9 Å². The molecule has 0 aliphatic rings. The van der Waals surface area contributed by atoms with Gasteiger partial charge in [0.15, 0.2) is 0 Å². The Labute approximate surface area is 193 Å². The van der Waals surface area contributed by atoms with Crippen molar-refractivity contribution < 1.29 is 13.2 Å².